The van der Waals surface area contributed by atoms with Crippen molar-refractivity contribution in [1.82, 2.24) is 9.88 Å². The van der Waals surface area contributed by atoms with Crippen LogP contribution in [0.3, 0.4) is 0 Å². The number of rotatable bonds is 1. The molecule has 0 bridgehead atoms. The van der Waals surface area contributed by atoms with Crippen LogP contribution >= 0.6 is 0 Å². The fourth-order valence-corrected chi connectivity index (χ4v) is 5.07. The third-order valence-electron chi connectivity index (χ3n) is 6.32. The molecule has 1 aromatic heterocycles. The summed E-state index contributed by atoms with van der Waals surface area (Å²) in [4.78, 5) is 19.8. The number of ether oxygens (including phenoxy) is 1. The maximum absolute atomic E-state index is 15.4. The van der Waals surface area contributed by atoms with Crippen molar-refractivity contribution in [3.8, 4) is 6.07 Å². The van der Waals surface area contributed by atoms with Crippen molar-refractivity contribution in [2.75, 3.05) is 24.5 Å². The number of fused-ring (bicyclic) bond motifs is 4. The third-order valence-corrected chi connectivity index (χ3v) is 6.32. The van der Waals surface area contributed by atoms with Crippen molar-refractivity contribution in [2.45, 2.75) is 38.8 Å². The minimum Gasteiger partial charge on any atom is -0.444 e. The molecule has 0 radical (unpaired) electrons. The van der Waals surface area contributed by atoms with E-state index >= 15 is 4.39 Å². The number of para-hydroxylation sites is 1. The van der Waals surface area contributed by atoms with Crippen molar-refractivity contribution in [3.05, 3.63) is 41.7 Å². The summed E-state index contributed by atoms with van der Waals surface area (Å²) in [5, 5.41) is 11.2. The number of nitrogens with zero attached hydrogens (tertiary/aromatic N) is 3. The summed E-state index contributed by atoms with van der Waals surface area (Å²) in [5.41, 5.74) is 1.77. The van der Waals surface area contributed by atoms with Gasteiger partial charge in [0.15, 0.2) is 0 Å². The highest BCUT2D eigenvalue weighted by Gasteiger charge is 2.45. The van der Waals surface area contributed by atoms with Gasteiger partial charge in [0.25, 0.3) is 0 Å². The largest absolute Gasteiger partial charge is 0.444 e. The van der Waals surface area contributed by atoms with E-state index in [1.807, 2.05) is 49.9 Å². The van der Waals surface area contributed by atoms with E-state index in [-0.39, 0.29) is 18.1 Å². The molecule has 31 heavy (non-hydrogen) atoms. The normalized spacial score (nSPS) is 21.0. The van der Waals surface area contributed by atoms with E-state index in [0.29, 0.717) is 36.4 Å². The number of aromatic nitrogens is 1. The van der Waals surface area contributed by atoms with Crippen LogP contribution in [0.15, 0.2) is 30.3 Å². The molecule has 1 N–H and O–H groups in total. The van der Waals surface area contributed by atoms with E-state index in [9.17, 15) is 10.1 Å². The van der Waals surface area contributed by atoms with Crippen LogP contribution in [0, 0.1) is 23.1 Å². The molecule has 0 aliphatic carbocycles. The van der Waals surface area contributed by atoms with E-state index in [1.165, 1.54) is 6.07 Å². The van der Waals surface area contributed by atoms with Gasteiger partial charge in [0.2, 0.25) is 0 Å². The number of likely N-dealkylation sites (tertiary alicyclic amines) is 1. The topological polar surface area (TPSA) is 72.4 Å². The summed E-state index contributed by atoms with van der Waals surface area (Å²) in [5.74, 6) is -0.139. The molecule has 7 heteroatoms. The van der Waals surface area contributed by atoms with Gasteiger partial charge >= 0.3 is 6.09 Å². The van der Waals surface area contributed by atoms with E-state index < -0.39 is 11.4 Å². The smallest absolute Gasteiger partial charge is 0.410 e. The molecule has 2 atom stereocenters. The first-order chi connectivity index (χ1) is 14.8. The number of nitrogens with one attached hydrogen (secondary N) is 1. The summed E-state index contributed by atoms with van der Waals surface area (Å²) in [6, 6.07) is 11.1. The number of carbonyl (C=O) groups is 1. The molecule has 0 unspecified atom stereocenters. The number of nitriles is 1. The Balaban J connectivity index is 1.55. The van der Waals surface area contributed by atoms with Crippen molar-refractivity contribution in [2.24, 2.45) is 5.92 Å². The predicted octanol–water partition coefficient (Wildman–Crippen LogP) is 4.78. The van der Waals surface area contributed by atoms with Gasteiger partial charge in [0.05, 0.1) is 22.8 Å². The molecule has 1 amide bonds. The van der Waals surface area contributed by atoms with Crippen LogP contribution in [0.25, 0.3) is 21.8 Å². The van der Waals surface area contributed by atoms with E-state index in [0.717, 1.165) is 22.7 Å². The molecule has 0 saturated carbocycles. The molecular weight excluding hydrogens is 395 g/mol. The zero-order valence-corrected chi connectivity index (χ0v) is 17.9. The summed E-state index contributed by atoms with van der Waals surface area (Å²) < 4.78 is 21.0. The van der Waals surface area contributed by atoms with Crippen LogP contribution in [-0.4, -0.2) is 47.3 Å². The number of hydrogen-bond donors (Lipinski definition) is 1. The van der Waals surface area contributed by atoms with Crippen LogP contribution in [0.5, 0.6) is 0 Å². The van der Waals surface area contributed by atoms with Gasteiger partial charge in [-0.1, -0.05) is 18.2 Å². The lowest BCUT2D eigenvalue weighted by atomic mass is 10.0. The SMILES string of the molecule is CC(C)(C)OC(=O)N1CC[C@@H]2CN(c3c(F)cc(C#N)c4[nH]c5ccccc5c34)C[C@@H]21. The van der Waals surface area contributed by atoms with Gasteiger partial charge in [-0.3, -0.25) is 0 Å². The quantitative estimate of drug-likeness (QED) is 0.615. The van der Waals surface area contributed by atoms with Crippen molar-refractivity contribution >= 4 is 33.6 Å². The number of amides is 1. The maximum Gasteiger partial charge on any atom is 0.410 e. The van der Waals surface area contributed by atoms with Crippen LogP contribution in [0.2, 0.25) is 0 Å². The zero-order chi connectivity index (χ0) is 21.9. The van der Waals surface area contributed by atoms with Crippen molar-refractivity contribution in [3.63, 3.8) is 0 Å². The van der Waals surface area contributed by atoms with Gasteiger partial charge in [0.1, 0.15) is 17.5 Å². The standard InChI is InChI=1S/C24H25FN4O2/c1-24(2,3)31-23(30)29-9-8-14-12-28(13-19(14)29)22-17(25)10-15(11-26)21-20(22)16-6-4-5-7-18(16)27-21/h4-7,10,14,19,27H,8-9,12-13H2,1-3H3/t14-,19+/m1/s1. The summed E-state index contributed by atoms with van der Waals surface area (Å²) in [6.45, 7) is 7.46. The highest BCUT2D eigenvalue weighted by molar-refractivity contribution is 6.15. The number of carbonyl (C=O) groups excluding carboxylic acids is 1. The average Bonchev–Trinajstić information content (AvgIpc) is 3.38. The number of halogens is 1. The molecular formula is C24H25FN4O2. The molecule has 2 saturated heterocycles. The summed E-state index contributed by atoms with van der Waals surface area (Å²) in [7, 11) is 0. The molecule has 0 spiro atoms. The van der Waals surface area contributed by atoms with E-state index in [2.05, 4.69) is 11.1 Å². The molecule has 5 rings (SSSR count). The summed E-state index contributed by atoms with van der Waals surface area (Å²) >= 11 is 0. The second-order valence-corrected chi connectivity index (χ2v) is 9.48. The van der Waals surface area contributed by atoms with Gasteiger partial charge < -0.3 is 19.5 Å². The molecule has 3 heterocycles. The lowest BCUT2D eigenvalue weighted by Gasteiger charge is -2.29. The van der Waals surface area contributed by atoms with Gasteiger partial charge in [-0.15, -0.1) is 0 Å². The number of H-pyrrole nitrogens is 1. The Kier molecular flexibility index (Phi) is 4.37. The Hall–Kier alpha value is -3.27. The second-order valence-electron chi connectivity index (χ2n) is 9.48. The Morgan fingerprint density at radius 2 is 2.06 bits per heavy atom. The van der Waals surface area contributed by atoms with Crippen LogP contribution in [-0.2, 0) is 4.74 Å². The molecule has 3 aromatic rings. The second kappa shape index (κ2) is 6.88. The molecule has 2 fully saturated rings. The highest BCUT2D eigenvalue weighted by Crippen LogP contribution is 2.42. The van der Waals surface area contributed by atoms with Crippen molar-refractivity contribution < 1.29 is 13.9 Å². The average molecular weight is 420 g/mol. The third kappa shape index (κ3) is 3.18. The minimum atomic E-state index is -0.553. The lowest BCUT2D eigenvalue weighted by Crippen LogP contribution is -2.42. The Bertz CT molecular complexity index is 1240. The highest BCUT2D eigenvalue weighted by atomic mass is 19.1. The van der Waals surface area contributed by atoms with Gasteiger partial charge in [-0.25, -0.2) is 9.18 Å². The molecule has 160 valence electrons. The first-order valence-corrected chi connectivity index (χ1v) is 10.6. The maximum atomic E-state index is 15.4. The first-order valence-electron chi connectivity index (χ1n) is 10.6. The molecule has 2 aliphatic heterocycles. The van der Waals surface area contributed by atoms with Gasteiger partial charge in [-0.05, 0) is 39.3 Å². The van der Waals surface area contributed by atoms with Gasteiger partial charge in [-0.2, -0.15) is 5.26 Å². The van der Waals surface area contributed by atoms with Crippen LogP contribution in [0.1, 0.15) is 32.8 Å². The minimum absolute atomic E-state index is 0.00912. The van der Waals surface area contributed by atoms with Crippen LogP contribution < -0.4 is 4.90 Å². The predicted molar refractivity (Wildman–Crippen MR) is 118 cm³/mol. The Morgan fingerprint density at radius 1 is 1.29 bits per heavy atom. The number of aromatic amines is 1. The zero-order valence-electron chi connectivity index (χ0n) is 17.9. The fourth-order valence-electron chi connectivity index (χ4n) is 5.07. The molecule has 2 aliphatic rings. The number of anilines is 1. The van der Waals surface area contributed by atoms with Crippen molar-refractivity contribution in [1.29, 1.82) is 5.26 Å². The Labute approximate surface area is 180 Å². The summed E-state index contributed by atoms with van der Waals surface area (Å²) in [6.07, 6.45) is 0.564. The lowest BCUT2D eigenvalue weighted by molar-refractivity contribution is 0.0229. The Morgan fingerprint density at radius 3 is 2.81 bits per heavy atom. The monoisotopic (exact) mass is 420 g/mol. The van der Waals surface area contributed by atoms with E-state index in [1.54, 1.807) is 4.90 Å². The van der Waals surface area contributed by atoms with Gasteiger partial charge in [0, 0.05) is 41.8 Å². The fraction of sp³-hybridized carbons (Fsp3) is 0.417. The molecule has 6 nitrogen and oxygen atoms in total. The number of benzene rings is 2. The first kappa shape index (κ1) is 19.7. The molecule has 2 aromatic carbocycles. The number of hydrogen-bond acceptors (Lipinski definition) is 4. The van der Waals surface area contributed by atoms with Crippen LogP contribution in [0.4, 0.5) is 14.9 Å². The van der Waals surface area contributed by atoms with E-state index in [4.69, 9.17) is 4.74 Å².